The van der Waals surface area contributed by atoms with Crippen LogP contribution in [-0.2, 0) is 13.0 Å². The maximum atomic E-state index is 9.18. The third-order valence-corrected chi connectivity index (χ3v) is 3.50. The summed E-state index contributed by atoms with van der Waals surface area (Å²) in [5.74, 6) is 0.949. The Balaban J connectivity index is 2.18. The molecule has 1 aliphatic heterocycles. The van der Waals surface area contributed by atoms with Crippen LogP contribution >= 0.6 is 0 Å². The minimum absolute atomic E-state index is 0.603. The van der Waals surface area contributed by atoms with Gasteiger partial charge in [0, 0.05) is 12.1 Å². The Labute approximate surface area is 107 Å². The number of imidazole rings is 1. The summed E-state index contributed by atoms with van der Waals surface area (Å²) in [5.41, 5.74) is 4.05. The molecule has 1 aromatic carbocycles. The molecule has 0 radical (unpaired) electrons. The standard InChI is InChI=1S/C15H15N3/c1-11-5-4-6-12(9-11)15-17-13(10-16)14-7-2-3-8-18(14)15/h4-6,9H,2-3,7-8H2,1H3. The minimum Gasteiger partial charge on any atom is -0.327 e. The average Bonchev–Trinajstić information content (AvgIpc) is 2.77. The van der Waals surface area contributed by atoms with Gasteiger partial charge in [-0.15, -0.1) is 0 Å². The zero-order valence-corrected chi connectivity index (χ0v) is 10.5. The van der Waals surface area contributed by atoms with E-state index in [0.29, 0.717) is 5.69 Å². The molecule has 0 aliphatic carbocycles. The number of hydrogen-bond acceptors (Lipinski definition) is 2. The van der Waals surface area contributed by atoms with E-state index < -0.39 is 0 Å². The van der Waals surface area contributed by atoms with Gasteiger partial charge in [-0.3, -0.25) is 0 Å². The molecule has 3 rings (SSSR count). The van der Waals surface area contributed by atoms with Gasteiger partial charge in [-0.05, 0) is 32.3 Å². The fraction of sp³-hybridized carbons (Fsp3) is 0.333. The molecule has 0 bridgehead atoms. The zero-order chi connectivity index (χ0) is 12.5. The smallest absolute Gasteiger partial charge is 0.162 e. The lowest BCUT2D eigenvalue weighted by atomic mass is 10.1. The Bertz CT molecular complexity index is 632. The van der Waals surface area contributed by atoms with Gasteiger partial charge in [-0.1, -0.05) is 23.8 Å². The minimum atomic E-state index is 0.603. The average molecular weight is 237 g/mol. The van der Waals surface area contributed by atoms with E-state index in [0.717, 1.165) is 36.5 Å². The Hall–Kier alpha value is -2.08. The van der Waals surface area contributed by atoms with E-state index >= 15 is 0 Å². The van der Waals surface area contributed by atoms with Crippen LogP contribution in [0.25, 0.3) is 11.4 Å². The van der Waals surface area contributed by atoms with E-state index in [4.69, 9.17) is 0 Å². The summed E-state index contributed by atoms with van der Waals surface area (Å²) in [7, 11) is 0. The van der Waals surface area contributed by atoms with Gasteiger partial charge < -0.3 is 4.57 Å². The number of nitriles is 1. The Morgan fingerprint density at radius 2 is 2.22 bits per heavy atom. The first-order chi connectivity index (χ1) is 8.79. The van der Waals surface area contributed by atoms with E-state index in [9.17, 15) is 5.26 Å². The second-order valence-electron chi connectivity index (χ2n) is 4.82. The number of nitrogens with zero attached hydrogens (tertiary/aromatic N) is 3. The molecule has 0 N–H and O–H groups in total. The van der Waals surface area contributed by atoms with Crippen LogP contribution in [-0.4, -0.2) is 9.55 Å². The normalized spacial score (nSPS) is 14.0. The zero-order valence-electron chi connectivity index (χ0n) is 10.5. The lowest BCUT2D eigenvalue weighted by Gasteiger charge is -2.16. The molecule has 3 heteroatoms. The molecule has 90 valence electrons. The first kappa shape index (κ1) is 11.0. The van der Waals surface area contributed by atoms with Gasteiger partial charge in [0.2, 0.25) is 0 Å². The van der Waals surface area contributed by atoms with Crippen molar-refractivity contribution in [2.45, 2.75) is 32.7 Å². The molecular formula is C15H15N3. The van der Waals surface area contributed by atoms with Crippen molar-refractivity contribution in [2.75, 3.05) is 0 Å². The third kappa shape index (κ3) is 1.70. The molecule has 3 nitrogen and oxygen atoms in total. The molecule has 0 atom stereocenters. The van der Waals surface area contributed by atoms with Crippen molar-refractivity contribution in [1.82, 2.24) is 9.55 Å². The lowest BCUT2D eigenvalue weighted by Crippen LogP contribution is -2.11. The van der Waals surface area contributed by atoms with Gasteiger partial charge in [0.05, 0.1) is 5.69 Å². The Morgan fingerprint density at radius 3 is 3.00 bits per heavy atom. The molecule has 2 heterocycles. The molecule has 0 fully saturated rings. The first-order valence-electron chi connectivity index (χ1n) is 6.36. The van der Waals surface area contributed by atoms with Crippen LogP contribution in [0.3, 0.4) is 0 Å². The van der Waals surface area contributed by atoms with Crippen molar-refractivity contribution < 1.29 is 0 Å². The Kier molecular flexibility index (Phi) is 2.64. The number of benzene rings is 1. The number of fused-ring (bicyclic) bond motifs is 1. The highest BCUT2D eigenvalue weighted by Crippen LogP contribution is 2.27. The fourth-order valence-corrected chi connectivity index (χ4v) is 2.64. The molecule has 2 aromatic rings. The predicted molar refractivity (Wildman–Crippen MR) is 70.1 cm³/mol. The van der Waals surface area contributed by atoms with Crippen molar-refractivity contribution in [2.24, 2.45) is 0 Å². The molecule has 1 aliphatic rings. The highest BCUT2D eigenvalue weighted by atomic mass is 15.1. The molecule has 0 amide bonds. The summed E-state index contributed by atoms with van der Waals surface area (Å²) in [6.45, 7) is 3.06. The van der Waals surface area contributed by atoms with E-state index in [1.54, 1.807) is 0 Å². The molecule has 0 unspecified atom stereocenters. The summed E-state index contributed by atoms with van der Waals surface area (Å²) < 4.78 is 2.22. The van der Waals surface area contributed by atoms with Crippen molar-refractivity contribution in [1.29, 1.82) is 5.26 Å². The van der Waals surface area contributed by atoms with Crippen molar-refractivity contribution in [3.05, 3.63) is 41.2 Å². The largest absolute Gasteiger partial charge is 0.327 e. The van der Waals surface area contributed by atoms with Crippen LogP contribution in [0.2, 0.25) is 0 Å². The molecule has 0 spiro atoms. The van der Waals surface area contributed by atoms with Crippen LogP contribution in [0.5, 0.6) is 0 Å². The maximum absolute atomic E-state index is 9.18. The maximum Gasteiger partial charge on any atom is 0.162 e. The van der Waals surface area contributed by atoms with Crippen molar-refractivity contribution in [3.8, 4) is 17.5 Å². The van der Waals surface area contributed by atoms with Gasteiger partial charge in [-0.25, -0.2) is 4.98 Å². The predicted octanol–water partition coefficient (Wildman–Crippen LogP) is 3.07. The van der Waals surface area contributed by atoms with E-state index in [1.807, 2.05) is 6.07 Å². The molecule has 18 heavy (non-hydrogen) atoms. The lowest BCUT2D eigenvalue weighted by molar-refractivity contribution is 0.535. The number of rotatable bonds is 1. The van der Waals surface area contributed by atoms with E-state index in [-0.39, 0.29) is 0 Å². The highest BCUT2D eigenvalue weighted by Gasteiger charge is 2.20. The van der Waals surface area contributed by atoms with Gasteiger partial charge in [0.15, 0.2) is 5.69 Å². The third-order valence-electron chi connectivity index (χ3n) is 3.50. The molecule has 0 saturated heterocycles. The highest BCUT2D eigenvalue weighted by molar-refractivity contribution is 5.59. The molecule has 0 saturated carbocycles. The molecule has 1 aromatic heterocycles. The van der Waals surface area contributed by atoms with Crippen LogP contribution < -0.4 is 0 Å². The van der Waals surface area contributed by atoms with Gasteiger partial charge in [-0.2, -0.15) is 5.26 Å². The monoisotopic (exact) mass is 237 g/mol. The summed E-state index contributed by atoms with van der Waals surface area (Å²) in [6, 6.07) is 10.5. The number of aryl methyl sites for hydroxylation is 1. The summed E-state index contributed by atoms with van der Waals surface area (Å²) in [5, 5.41) is 9.18. The van der Waals surface area contributed by atoms with Crippen molar-refractivity contribution >= 4 is 0 Å². The number of aromatic nitrogens is 2. The van der Waals surface area contributed by atoms with Crippen molar-refractivity contribution in [3.63, 3.8) is 0 Å². The van der Waals surface area contributed by atoms with Crippen LogP contribution in [0.1, 0.15) is 29.8 Å². The first-order valence-corrected chi connectivity index (χ1v) is 6.36. The van der Waals surface area contributed by atoms with E-state index in [2.05, 4.69) is 40.7 Å². The van der Waals surface area contributed by atoms with Gasteiger partial charge >= 0.3 is 0 Å². The fourth-order valence-electron chi connectivity index (χ4n) is 2.64. The van der Waals surface area contributed by atoms with Crippen LogP contribution in [0.15, 0.2) is 24.3 Å². The Morgan fingerprint density at radius 1 is 1.33 bits per heavy atom. The van der Waals surface area contributed by atoms with Crippen LogP contribution in [0, 0.1) is 18.3 Å². The van der Waals surface area contributed by atoms with Gasteiger partial charge in [0.1, 0.15) is 11.9 Å². The second kappa shape index (κ2) is 4.30. The summed E-state index contributed by atoms with van der Waals surface area (Å²) >= 11 is 0. The van der Waals surface area contributed by atoms with Gasteiger partial charge in [0.25, 0.3) is 0 Å². The van der Waals surface area contributed by atoms with Crippen LogP contribution in [0.4, 0.5) is 0 Å². The number of hydrogen-bond donors (Lipinski definition) is 0. The molecular weight excluding hydrogens is 222 g/mol. The quantitative estimate of drug-likeness (QED) is 0.764. The second-order valence-corrected chi connectivity index (χ2v) is 4.82. The summed E-state index contributed by atoms with van der Waals surface area (Å²) in [6.07, 6.45) is 3.31. The SMILES string of the molecule is Cc1cccc(-c2nc(C#N)c3n2CCCC3)c1. The topological polar surface area (TPSA) is 41.6 Å². The summed E-state index contributed by atoms with van der Waals surface area (Å²) in [4.78, 5) is 4.52. The van der Waals surface area contributed by atoms with E-state index in [1.165, 1.54) is 12.0 Å².